The lowest BCUT2D eigenvalue weighted by atomic mass is 10.2. The SMILES string of the molecule is Cc1ccc(O)c(NC(=O)c2cccc(Br)c2)c1. The summed E-state index contributed by atoms with van der Waals surface area (Å²) in [5, 5.41) is 12.3. The van der Waals surface area contributed by atoms with Crippen molar-refractivity contribution in [3.05, 3.63) is 58.1 Å². The van der Waals surface area contributed by atoms with Crippen LogP contribution in [-0.4, -0.2) is 11.0 Å². The summed E-state index contributed by atoms with van der Waals surface area (Å²) in [5.74, 6) is -0.193. The molecule has 2 N–H and O–H groups in total. The van der Waals surface area contributed by atoms with Crippen LogP contribution in [-0.2, 0) is 0 Å². The number of phenols is 1. The Hall–Kier alpha value is -1.81. The zero-order valence-corrected chi connectivity index (χ0v) is 11.4. The molecule has 0 saturated carbocycles. The van der Waals surface area contributed by atoms with Crippen LogP contribution in [0.4, 0.5) is 5.69 Å². The number of nitrogens with one attached hydrogen (secondary N) is 1. The highest BCUT2D eigenvalue weighted by Gasteiger charge is 2.09. The van der Waals surface area contributed by atoms with Crippen molar-refractivity contribution in [3.63, 3.8) is 0 Å². The van der Waals surface area contributed by atoms with Gasteiger partial charge in [0.1, 0.15) is 5.75 Å². The molecule has 18 heavy (non-hydrogen) atoms. The smallest absolute Gasteiger partial charge is 0.255 e. The van der Waals surface area contributed by atoms with Crippen LogP contribution >= 0.6 is 15.9 Å². The van der Waals surface area contributed by atoms with Crippen LogP contribution in [0.25, 0.3) is 0 Å². The van der Waals surface area contributed by atoms with E-state index in [0.717, 1.165) is 10.0 Å². The molecule has 1 amide bonds. The fourth-order valence-corrected chi connectivity index (χ4v) is 1.97. The van der Waals surface area contributed by atoms with Gasteiger partial charge in [0.05, 0.1) is 5.69 Å². The van der Waals surface area contributed by atoms with Gasteiger partial charge in [-0.3, -0.25) is 4.79 Å². The summed E-state index contributed by atoms with van der Waals surface area (Å²) in [7, 11) is 0. The van der Waals surface area contributed by atoms with E-state index in [9.17, 15) is 9.90 Å². The van der Waals surface area contributed by atoms with Gasteiger partial charge in [-0.05, 0) is 42.8 Å². The second-order valence-electron chi connectivity index (χ2n) is 3.99. The minimum absolute atomic E-state index is 0.0592. The van der Waals surface area contributed by atoms with Gasteiger partial charge in [-0.15, -0.1) is 0 Å². The molecule has 0 radical (unpaired) electrons. The first-order valence-electron chi connectivity index (χ1n) is 5.43. The van der Waals surface area contributed by atoms with E-state index >= 15 is 0 Å². The third-order valence-corrected chi connectivity index (χ3v) is 2.98. The van der Waals surface area contributed by atoms with E-state index in [0.29, 0.717) is 11.3 Å². The highest BCUT2D eigenvalue weighted by atomic mass is 79.9. The predicted molar refractivity (Wildman–Crippen MR) is 74.9 cm³/mol. The van der Waals surface area contributed by atoms with Gasteiger partial charge >= 0.3 is 0 Å². The lowest BCUT2D eigenvalue weighted by Gasteiger charge is -2.08. The highest BCUT2D eigenvalue weighted by Crippen LogP contribution is 2.24. The average Bonchev–Trinajstić information content (AvgIpc) is 2.34. The Morgan fingerprint density at radius 1 is 1.22 bits per heavy atom. The number of hydrogen-bond donors (Lipinski definition) is 2. The minimum atomic E-state index is -0.253. The molecule has 0 aliphatic rings. The van der Waals surface area contributed by atoms with Gasteiger partial charge in [-0.2, -0.15) is 0 Å². The van der Waals surface area contributed by atoms with Crippen LogP contribution in [0.5, 0.6) is 5.75 Å². The molecule has 0 fully saturated rings. The minimum Gasteiger partial charge on any atom is -0.506 e. The Bertz CT molecular complexity index is 596. The molecule has 0 aromatic heterocycles. The van der Waals surface area contributed by atoms with Gasteiger partial charge in [-0.25, -0.2) is 0 Å². The highest BCUT2D eigenvalue weighted by molar-refractivity contribution is 9.10. The summed E-state index contributed by atoms with van der Waals surface area (Å²) >= 11 is 3.31. The average molecular weight is 306 g/mol. The van der Waals surface area contributed by atoms with Crippen molar-refractivity contribution in [3.8, 4) is 5.75 Å². The largest absolute Gasteiger partial charge is 0.506 e. The number of carbonyl (C=O) groups excluding carboxylic acids is 1. The third-order valence-electron chi connectivity index (χ3n) is 2.49. The normalized spacial score (nSPS) is 10.1. The first kappa shape index (κ1) is 12.6. The number of aromatic hydroxyl groups is 1. The van der Waals surface area contributed by atoms with Gasteiger partial charge in [0.25, 0.3) is 5.91 Å². The molecule has 2 rings (SSSR count). The molecule has 0 atom stereocenters. The molecule has 92 valence electrons. The molecule has 4 heteroatoms. The Balaban J connectivity index is 2.24. The summed E-state index contributed by atoms with van der Waals surface area (Å²) in [6.45, 7) is 1.90. The predicted octanol–water partition coefficient (Wildman–Crippen LogP) is 3.72. The topological polar surface area (TPSA) is 49.3 Å². The molecule has 0 unspecified atom stereocenters. The second-order valence-corrected chi connectivity index (χ2v) is 4.90. The van der Waals surface area contributed by atoms with E-state index in [1.54, 1.807) is 36.4 Å². The molecule has 2 aromatic carbocycles. The zero-order valence-electron chi connectivity index (χ0n) is 9.77. The standard InChI is InChI=1S/C14H12BrNO2/c1-9-5-6-13(17)12(7-9)16-14(18)10-3-2-4-11(15)8-10/h2-8,17H,1H3,(H,16,18). The summed E-state index contributed by atoms with van der Waals surface area (Å²) in [5.41, 5.74) is 1.92. The third kappa shape index (κ3) is 2.90. The van der Waals surface area contributed by atoms with E-state index in [2.05, 4.69) is 21.2 Å². The Kier molecular flexibility index (Phi) is 3.67. The van der Waals surface area contributed by atoms with Gasteiger partial charge in [-0.1, -0.05) is 28.1 Å². The fourth-order valence-electron chi connectivity index (χ4n) is 1.57. The number of halogens is 1. The number of carbonyl (C=O) groups is 1. The number of hydrogen-bond acceptors (Lipinski definition) is 2. The van der Waals surface area contributed by atoms with E-state index in [-0.39, 0.29) is 11.7 Å². The van der Waals surface area contributed by atoms with Crippen molar-refractivity contribution in [2.24, 2.45) is 0 Å². The van der Waals surface area contributed by atoms with Crippen LogP contribution in [0.15, 0.2) is 46.9 Å². The number of aryl methyl sites for hydroxylation is 1. The van der Waals surface area contributed by atoms with Gasteiger partial charge in [0.15, 0.2) is 0 Å². The summed E-state index contributed by atoms with van der Waals surface area (Å²) in [6, 6.07) is 12.1. The van der Waals surface area contributed by atoms with Crippen molar-refractivity contribution in [2.45, 2.75) is 6.92 Å². The second kappa shape index (κ2) is 5.23. The van der Waals surface area contributed by atoms with Crippen LogP contribution in [0, 0.1) is 6.92 Å². The lowest BCUT2D eigenvalue weighted by molar-refractivity contribution is 0.102. The number of rotatable bonds is 2. The van der Waals surface area contributed by atoms with Crippen molar-refractivity contribution < 1.29 is 9.90 Å². The molecular weight excluding hydrogens is 294 g/mol. The maximum atomic E-state index is 12.0. The van der Waals surface area contributed by atoms with Crippen LogP contribution in [0.1, 0.15) is 15.9 Å². The Labute approximate surface area is 114 Å². The van der Waals surface area contributed by atoms with Crippen LogP contribution < -0.4 is 5.32 Å². The molecule has 0 spiro atoms. The zero-order chi connectivity index (χ0) is 13.1. The van der Waals surface area contributed by atoms with E-state index in [1.165, 1.54) is 0 Å². The molecule has 2 aromatic rings. The monoisotopic (exact) mass is 305 g/mol. The number of phenolic OH excluding ortho intramolecular Hbond substituents is 1. The van der Waals surface area contributed by atoms with Gasteiger partial charge in [0.2, 0.25) is 0 Å². The Morgan fingerprint density at radius 2 is 2.00 bits per heavy atom. The van der Waals surface area contributed by atoms with Gasteiger partial charge < -0.3 is 10.4 Å². The van der Waals surface area contributed by atoms with Crippen molar-refractivity contribution in [1.29, 1.82) is 0 Å². The first-order valence-corrected chi connectivity index (χ1v) is 6.22. The van der Waals surface area contributed by atoms with Crippen LogP contribution in [0.3, 0.4) is 0 Å². The maximum Gasteiger partial charge on any atom is 0.255 e. The molecule has 0 aliphatic heterocycles. The van der Waals surface area contributed by atoms with Crippen molar-refractivity contribution >= 4 is 27.5 Å². The molecule has 3 nitrogen and oxygen atoms in total. The van der Waals surface area contributed by atoms with E-state index in [4.69, 9.17) is 0 Å². The number of amides is 1. The van der Waals surface area contributed by atoms with E-state index < -0.39 is 0 Å². The molecule has 0 aliphatic carbocycles. The van der Waals surface area contributed by atoms with Crippen molar-refractivity contribution in [2.75, 3.05) is 5.32 Å². The number of benzene rings is 2. The molecule has 0 saturated heterocycles. The van der Waals surface area contributed by atoms with Gasteiger partial charge in [0, 0.05) is 10.0 Å². The Morgan fingerprint density at radius 3 is 2.72 bits per heavy atom. The van der Waals surface area contributed by atoms with Crippen molar-refractivity contribution in [1.82, 2.24) is 0 Å². The summed E-state index contributed by atoms with van der Waals surface area (Å²) < 4.78 is 0.837. The summed E-state index contributed by atoms with van der Waals surface area (Å²) in [4.78, 5) is 12.0. The molecular formula is C14H12BrNO2. The number of anilines is 1. The molecule has 0 bridgehead atoms. The van der Waals surface area contributed by atoms with E-state index in [1.807, 2.05) is 13.0 Å². The first-order chi connectivity index (χ1) is 8.56. The molecule has 0 heterocycles. The lowest BCUT2D eigenvalue weighted by Crippen LogP contribution is -2.12. The van der Waals surface area contributed by atoms with Crippen LogP contribution in [0.2, 0.25) is 0 Å². The summed E-state index contributed by atoms with van der Waals surface area (Å²) in [6.07, 6.45) is 0. The quantitative estimate of drug-likeness (QED) is 0.831. The fraction of sp³-hybridized carbons (Fsp3) is 0.0714. The maximum absolute atomic E-state index is 12.0.